The summed E-state index contributed by atoms with van der Waals surface area (Å²) in [5.74, 6) is 1.02. The predicted octanol–water partition coefficient (Wildman–Crippen LogP) is 1.88. The van der Waals surface area contributed by atoms with Gasteiger partial charge in [0.25, 0.3) is 0 Å². The number of aromatic nitrogens is 1. The number of hydrogen-bond donors (Lipinski definition) is 0. The zero-order valence-corrected chi connectivity index (χ0v) is 16.1. The topological polar surface area (TPSA) is 54.8 Å². The van der Waals surface area contributed by atoms with Crippen molar-refractivity contribution in [2.24, 2.45) is 7.05 Å². The Hall–Kier alpha value is -2.76. The van der Waals surface area contributed by atoms with Crippen molar-refractivity contribution < 1.29 is 14.3 Å². The summed E-state index contributed by atoms with van der Waals surface area (Å²) in [7, 11) is 3.58. The van der Waals surface area contributed by atoms with Crippen molar-refractivity contribution in [2.75, 3.05) is 33.3 Å². The lowest BCUT2D eigenvalue weighted by Crippen LogP contribution is -2.38. The van der Waals surface area contributed by atoms with Crippen LogP contribution < -0.4 is 4.74 Å². The van der Waals surface area contributed by atoms with Gasteiger partial charge in [-0.3, -0.25) is 9.59 Å². The summed E-state index contributed by atoms with van der Waals surface area (Å²) in [5.41, 5.74) is 2.00. The highest BCUT2D eigenvalue weighted by Crippen LogP contribution is 2.14. The Morgan fingerprint density at radius 2 is 1.48 bits per heavy atom. The lowest BCUT2D eigenvalue weighted by Gasteiger charge is -2.22. The molecule has 6 nitrogen and oxygen atoms in total. The summed E-state index contributed by atoms with van der Waals surface area (Å²) in [6.45, 7) is 2.59. The molecule has 0 spiro atoms. The van der Waals surface area contributed by atoms with E-state index in [0.29, 0.717) is 39.0 Å². The van der Waals surface area contributed by atoms with Gasteiger partial charge in [-0.15, -0.1) is 0 Å². The zero-order chi connectivity index (χ0) is 19.2. The van der Waals surface area contributed by atoms with Crippen LogP contribution in [-0.4, -0.2) is 59.5 Å². The lowest BCUT2D eigenvalue weighted by atomic mass is 10.1. The third-order valence-corrected chi connectivity index (χ3v) is 4.96. The van der Waals surface area contributed by atoms with E-state index >= 15 is 0 Å². The van der Waals surface area contributed by atoms with E-state index in [4.69, 9.17) is 4.74 Å². The van der Waals surface area contributed by atoms with Gasteiger partial charge in [-0.25, -0.2) is 0 Å². The second kappa shape index (κ2) is 8.75. The molecule has 1 aromatic carbocycles. The van der Waals surface area contributed by atoms with E-state index in [0.717, 1.165) is 23.3 Å². The molecule has 2 heterocycles. The Labute approximate surface area is 160 Å². The molecule has 3 rings (SSSR count). The Bertz CT molecular complexity index is 782. The smallest absolute Gasteiger partial charge is 0.227 e. The molecule has 0 N–H and O–H groups in total. The van der Waals surface area contributed by atoms with Crippen molar-refractivity contribution in [2.45, 2.75) is 19.3 Å². The highest BCUT2D eigenvalue weighted by atomic mass is 16.5. The number of aryl methyl sites for hydroxylation is 1. The standard InChI is InChI=1S/C21H27N3O3/c1-22-11-8-18(16-22)15-21(26)24-10-3-9-23(12-13-24)20(25)14-17-4-6-19(27-2)7-5-17/h4-8,11,16H,3,9-10,12-15H2,1-2H3. The summed E-state index contributed by atoms with van der Waals surface area (Å²) in [6, 6.07) is 9.55. The second-order valence-corrected chi connectivity index (χ2v) is 7.00. The first-order valence-corrected chi connectivity index (χ1v) is 9.34. The van der Waals surface area contributed by atoms with Crippen molar-refractivity contribution in [3.8, 4) is 5.75 Å². The monoisotopic (exact) mass is 369 g/mol. The van der Waals surface area contributed by atoms with Gasteiger partial charge in [0.1, 0.15) is 5.75 Å². The summed E-state index contributed by atoms with van der Waals surface area (Å²) < 4.78 is 7.10. The lowest BCUT2D eigenvalue weighted by molar-refractivity contribution is -0.132. The molecule has 144 valence electrons. The SMILES string of the molecule is COc1ccc(CC(=O)N2CCCN(C(=O)Cc3ccn(C)c3)CC2)cc1. The van der Waals surface area contributed by atoms with Gasteiger partial charge < -0.3 is 19.1 Å². The molecule has 1 aliphatic heterocycles. The molecule has 2 amide bonds. The fourth-order valence-corrected chi connectivity index (χ4v) is 3.40. The zero-order valence-electron chi connectivity index (χ0n) is 16.1. The molecule has 1 aliphatic rings. The summed E-state index contributed by atoms with van der Waals surface area (Å²) in [4.78, 5) is 29.0. The van der Waals surface area contributed by atoms with Crippen molar-refractivity contribution in [1.82, 2.24) is 14.4 Å². The number of ether oxygens (including phenoxy) is 1. The Balaban J connectivity index is 1.52. The molecule has 1 aromatic heterocycles. The average molecular weight is 369 g/mol. The molecule has 0 radical (unpaired) electrons. The van der Waals surface area contributed by atoms with Crippen molar-refractivity contribution in [3.63, 3.8) is 0 Å². The van der Waals surface area contributed by atoms with E-state index in [1.165, 1.54) is 0 Å². The molecule has 6 heteroatoms. The Morgan fingerprint density at radius 1 is 0.889 bits per heavy atom. The van der Waals surface area contributed by atoms with E-state index in [2.05, 4.69) is 0 Å². The quantitative estimate of drug-likeness (QED) is 0.809. The molecule has 1 saturated heterocycles. The van der Waals surface area contributed by atoms with Gasteiger partial charge in [-0.05, 0) is 35.7 Å². The van der Waals surface area contributed by atoms with E-state index in [1.54, 1.807) is 7.11 Å². The molecule has 1 fully saturated rings. The first-order chi connectivity index (χ1) is 13.0. The van der Waals surface area contributed by atoms with Gasteiger partial charge >= 0.3 is 0 Å². The second-order valence-electron chi connectivity index (χ2n) is 7.00. The van der Waals surface area contributed by atoms with Gasteiger partial charge in [0, 0.05) is 45.6 Å². The predicted molar refractivity (Wildman–Crippen MR) is 104 cm³/mol. The van der Waals surface area contributed by atoms with Crippen molar-refractivity contribution in [1.29, 1.82) is 0 Å². The molecule has 27 heavy (non-hydrogen) atoms. The fourth-order valence-electron chi connectivity index (χ4n) is 3.40. The van der Waals surface area contributed by atoms with E-state index in [1.807, 2.05) is 64.1 Å². The molecular formula is C21H27N3O3. The van der Waals surface area contributed by atoms with Gasteiger partial charge in [-0.1, -0.05) is 12.1 Å². The van der Waals surface area contributed by atoms with E-state index < -0.39 is 0 Å². The van der Waals surface area contributed by atoms with Crippen LogP contribution in [0.3, 0.4) is 0 Å². The number of carbonyl (C=O) groups is 2. The first-order valence-electron chi connectivity index (χ1n) is 9.34. The van der Waals surface area contributed by atoms with Crippen LogP contribution in [0.2, 0.25) is 0 Å². The molecule has 0 saturated carbocycles. The minimum atomic E-state index is 0.109. The normalized spacial score (nSPS) is 14.7. The number of carbonyl (C=O) groups excluding carboxylic acids is 2. The van der Waals surface area contributed by atoms with Crippen molar-refractivity contribution >= 4 is 11.8 Å². The van der Waals surface area contributed by atoms with Gasteiger partial charge in [0.05, 0.1) is 20.0 Å². The third-order valence-electron chi connectivity index (χ3n) is 4.96. The van der Waals surface area contributed by atoms with Crippen LogP contribution in [0.25, 0.3) is 0 Å². The van der Waals surface area contributed by atoms with E-state index in [9.17, 15) is 9.59 Å². The maximum absolute atomic E-state index is 12.6. The number of rotatable bonds is 5. The summed E-state index contributed by atoms with van der Waals surface area (Å²) >= 11 is 0. The van der Waals surface area contributed by atoms with Crippen LogP contribution >= 0.6 is 0 Å². The molecule has 0 bridgehead atoms. The maximum atomic E-state index is 12.6. The van der Waals surface area contributed by atoms with Crippen molar-refractivity contribution in [3.05, 3.63) is 53.9 Å². The highest BCUT2D eigenvalue weighted by Gasteiger charge is 2.22. The van der Waals surface area contributed by atoms with Crippen LogP contribution in [0.1, 0.15) is 17.5 Å². The fraction of sp³-hybridized carbons (Fsp3) is 0.429. The first kappa shape index (κ1) is 19.0. The van der Waals surface area contributed by atoms with Gasteiger partial charge in [0.15, 0.2) is 0 Å². The van der Waals surface area contributed by atoms with Crippen LogP contribution in [0.15, 0.2) is 42.7 Å². The highest BCUT2D eigenvalue weighted by molar-refractivity contribution is 5.80. The largest absolute Gasteiger partial charge is 0.497 e. The minimum Gasteiger partial charge on any atom is -0.497 e. The number of methoxy groups -OCH3 is 1. The number of benzene rings is 1. The molecule has 0 atom stereocenters. The third kappa shape index (κ3) is 5.12. The molecule has 0 unspecified atom stereocenters. The van der Waals surface area contributed by atoms with Crippen LogP contribution in [0, 0.1) is 0 Å². The number of nitrogens with zero attached hydrogens (tertiary/aromatic N) is 3. The van der Waals surface area contributed by atoms with Crippen LogP contribution in [-0.2, 0) is 29.5 Å². The van der Waals surface area contributed by atoms with Crippen LogP contribution in [0.5, 0.6) is 5.75 Å². The summed E-state index contributed by atoms with van der Waals surface area (Å²) in [5, 5.41) is 0. The molecule has 2 aromatic rings. The van der Waals surface area contributed by atoms with Gasteiger partial charge in [0.2, 0.25) is 11.8 Å². The Morgan fingerprint density at radius 3 is 2.00 bits per heavy atom. The summed E-state index contributed by atoms with van der Waals surface area (Å²) in [6.07, 6.45) is 5.53. The van der Waals surface area contributed by atoms with Crippen LogP contribution in [0.4, 0.5) is 0 Å². The average Bonchev–Trinajstić information content (AvgIpc) is 2.93. The number of amides is 2. The number of hydrogen-bond acceptors (Lipinski definition) is 3. The maximum Gasteiger partial charge on any atom is 0.227 e. The van der Waals surface area contributed by atoms with E-state index in [-0.39, 0.29) is 11.8 Å². The molecule has 0 aliphatic carbocycles. The van der Waals surface area contributed by atoms with Gasteiger partial charge in [-0.2, -0.15) is 0 Å². The Kier molecular flexibility index (Phi) is 6.16. The molecular weight excluding hydrogens is 342 g/mol. The minimum absolute atomic E-state index is 0.109.